The van der Waals surface area contributed by atoms with Crippen LogP contribution in [0.4, 0.5) is 0 Å². The molecule has 4 heteroatoms. The van der Waals surface area contributed by atoms with E-state index in [-0.39, 0.29) is 0 Å². The van der Waals surface area contributed by atoms with Crippen LogP contribution in [0.3, 0.4) is 0 Å². The van der Waals surface area contributed by atoms with Gasteiger partial charge in [0.05, 0.1) is 0 Å². The zero-order valence-electron chi connectivity index (χ0n) is 10.5. The molecule has 0 aliphatic heterocycles. The van der Waals surface area contributed by atoms with E-state index in [0.29, 0.717) is 5.92 Å². The van der Waals surface area contributed by atoms with Crippen LogP contribution in [0.5, 0.6) is 0 Å². The van der Waals surface area contributed by atoms with Gasteiger partial charge in [0.2, 0.25) is 0 Å². The molecule has 0 bridgehead atoms. The Hall–Kier alpha value is -1.71. The highest BCUT2D eigenvalue weighted by atomic mass is 15.2. The van der Waals surface area contributed by atoms with Gasteiger partial charge in [-0.05, 0) is 30.5 Å². The van der Waals surface area contributed by atoms with Gasteiger partial charge in [0.1, 0.15) is 5.82 Å². The Morgan fingerprint density at radius 3 is 2.67 bits per heavy atom. The van der Waals surface area contributed by atoms with Crippen molar-refractivity contribution in [2.24, 2.45) is 0 Å². The zero-order valence-corrected chi connectivity index (χ0v) is 10.5. The van der Waals surface area contributed by atoms with Gasteiger partial charge in [-0.25, -0.2) is 4.98 Å². The molecular formula is C14H18N4. The summed E-state index contributed by atoms with van der Waals surface area (Å²) in [5, 5.41) is 7.45. The Bertz CT molecular complexity index is 486. The molecule has 1 saturated carbocycles. The summed E-state index contributed by atoms with van der Waals surface area (Å²) in [6.45, 7) is 0. The van der Waals surface area contributed by atoms with Crippen molar-refractivity contribution < 1.29 is 0 Å². The van der Waals surface area contributed by atoms with Crippen molar-refractivity contribution in [2.75, 3.05) is 0 Å². The Morgan fingerprint density at radius 1 is 1.11 bits per heavy atom. The maximum Gasteiger partial charge on any atom is 0.153 e. The highest BCUT2D eigenvalue weighted by Gasteiger charge is 2.19. The van der Waals surface area contributed by atoms with Crippen LogP contribution in [0.2, 0.25) is 0 Å². The number of aromatic amines is 1. The van der Waals surface area contributed by atoms with Gasteiger partial charge in [0.15, 0.2) is 5.82 Å². The van der Waals surface area contributed by atoms with E-state index < -0.39 is 0 Å². The minimum atomic E-state index is 0.571. The van der Waals surface area contributed by atoms with Crippen LogP contribution in [0.15, 0.2) is 24.5 Å². The molecule has 0 atom stereocenters. The summed E-state index contributed by atoms with van der Waals surface area (Å²) in [5.74, 6) is 2.54. The molecule has 0 unspecified atom stereocenters. The lowest BCUT2D eigenvalue weighted by Crippen LogP contribution is -2.06. The van der Waals surface area contributed by atoms with E-state index in [2.05, 4.69) is 20.2 Å². The first-order valence-electron chi connectivity index (χ1n) is 6.72. The summed E-state index contributed by atoms with van der Waals surface area (Å²) in [6, 6.07) is 4.03. The summed E-state index contributed by atoms with van der Waals surface area (Å²) < 4.78 is 0. The molecule has 1 fully saturated rings. The third-order valence-electron chi connectivity index (χ3n) is 3.64. The molecule has 2 aromatic heterocycles. The van der Waals surface area contributed by atoms with E-state index in [1.54, 1.807) is 0 Å². The fourth-order valence-corrected chi connectivity index (χ4v) is 2.63. The lowest BCUT2D eigenvalue weighted by molar-refractivity contribution is 0.429. The maximum atomic E-state index is 4.64. The van der Waals surface area contributed by atoms with Gasteiger partial charge in [-0.3, -0.25) is 10.1 Å². The quantitative estimate of drug-likeness (QED) is 0.900. The van der Waals surface area contributed by atoms with E-state index in [0.717, 1.165) is 18.1 Å². The monoisotopic (exact) mass is 242 g/mol. The van der Waals surface area contributed by atoms with Crippen molar-refractivity contribution >= 4 is 0 Å². The predicted molar refractivity (Wildman–Crippen MR) is 69.3 cm³/mol. The third kappa shape index (κ3) is 2.58. The second kappa shape index (κ2) is 5.29. The number of aromatic nitrogens is 4. The third-order valence-corrected chi connectivity index (χ3v) is 3.64. The number of nitrogens with one attached hydrogen (secondary N) is 1. The standard InChI is InChI=1S/C14H18N4/c1-2-4-12(5-3-1)14-16-13(17-18-14)10-11-6-8-15-9-7-11/h6-9,12H,1-5,10H2,(H,16,17,18). The van der Waals surface area contributed by atoms with Gasteiger partial charge in [-0.15, -0.1) is 0 Å². The summed E-state index contributed by atoms with van der Waals surface area (Å²) in [5.41, 5.74) is 1.22. The number of hydrogen-bond acceptors (Lipinski definition) is 3. The molecule has 0 radical (unpaired) electrons. The summed E-state index contributed by atoms with van der Waals surface area (Å²) in [4.78, 5) is 8.66. The van der Waals surface area contributed by atoms with Gasteiger partial charge < -0.3 is 0 Å². The highest BCUT2D eigenvalue weighted by Crippen LogP contribution is 2.30. The van der Waals surface area contributed by atoms with Gasteiger partial charge in [-0.1, -0.05) is 19.3 Å². The molecule has 18 heavy (non-hydrogen) atoms. The SMILES string of the molecule is c1cc(Cc2nc(C3CCCCC3)n[nH]2)ccn1. The van der Waals surface area contributed by atoms with E-state index in [4.69, 9.17) is 0 Å². The molecule has 1 N–H and O–H groups in total. The van der Waals surface area contributed by atoms with E-state index in [1.165, 1.54) is 37.7 Å². The highest BCUT2D eigenvalue weighted by molar-refractivity contribution is 5.15. The van der Waals surface area contributed by atoms with Crippen LogP contribution >= 0.6 is 0 Å². The molecule has 0 spiro atoms. The van der Waals surface area contributed by atoms with Gasteiger partial charge in [-0.2, -0.15) is 5.10 Å². The average molecular weight is 242 g/mol. The average Bonchev–Trinajstić information content (AvgIpc) is 2.89. The van der Waals surface area contributed by atoms with Crippen molar-refractivity contribution in [2.45, 2.75) is 44.4 Å². The van der Waals surface area contributed by atoms with Crippen molar-refractivity contribution in [3.05, 3.63) is 41.7 Å². The number of rotatable bonds is 3. The van der Waals surface area contributed by atoms with Crippen LogP contribution < -0.4 is 0 Å². The lowest BCUT2D eigenvalue weighted by Gasteiger charge is -2.17. The number of hydrogen-bond donors (Lipinski definition) is 1. The normalized spacial score (nSPS) is 16.9. The second-order valence-electron chi connectivity index (χ2n) is 5.01. The maximum absolute atomic E-state index is 4.64. The molecule has 0 aromatic carbocycles. The first kappa shape index (κ1) is 11.4. The fraction of sp³-hybridized carbons (Fsp3) is 0.500. The van der Waals surface area contributed by atoms with Crippen molar-refractivity contribution in [1.82, 2.24) is 20.2 Å². The van der Waals surface area contributed by atoms with Crippen LogP contribution in [-0.4, -0.2) is 20.2 Å². The second-order valence-corrected chi connectivity index (χ2v) is 5.01. The molecule has 2 aromatic rings. The number of H-pyrrole nitrogens is 1. The van der Waals surface area contributed by atoms with Crippen LogP contribution in [0.25, 0.3) is 0 Å². The Morgan fingerprint density at radius 2 is 1.89 bits per heavy atom. The first-order valence-corrected chi connectivity index (χ1v) is 6.72. The molecule has 1 aliphatic carbocycles. The largest absolute Gasteiger partial charge is 0.265 e. The number of nitrogens with zero attached hydrogens (tertiary/aromatic N) is 3. The lowest BCUT2D eigenvalue weighted by atomic mass is 9.89. The molecule has 1 aliphatic rings. The molecule has 0 saturated heterocycles. The van der Waals surface area contributed by atoms with Crippen LogP contribution in [-0.2, 0) is 6.42 Å². The molecule has 3 rings (SSSR count). The Balaban J connectivity index is 1.69. The van der Waals surface area contributed by atoms with Crippen molar-refractivity contribution in [1.29, 1.82) is 0 Å². The van der Waals surface area contributed by atoms with E-state index >= 15 is 0 Å². The molecule has 94 valence electrons. The minimum absolute atomic E-state index is 0.571. The molecule has 0 amide bonds. The first-order chi connectivity index (χ1) is 8.92. The fourth-order valence-electron chi connectivity index (χ4n) is 2.63. The van der Waals surface area contributed by atoms with Gasteiger partial charge >= 0.3 is 0 Å². The molecule has 4 nitrogen and oxygen atoms in total. The van der Waals surface area contributed by atoms with Crippen molar-refractivity contribution in [3.8, 4) is 0 Å². The van der Waals surface area contributed by atoms with Crippen LogP contribution in [0.1, 0.15) is 55.2 Å². The molecular weight excluding hydrogens is 224 g/mol. The summed E-state index contributed by atoms with van der Waals surface area (Å²) >= 11 is 0. The summed E-state index contributed by atoms with van der Waals surface area (Å²) in [7, 11) is 0. The van der Waals surface area contributed by atoms with E-state index in [9.17, 15) is 0 Å². The van der Waals surface area contributed by atoms with Crippen LogP contribution in [0, 0.1) is 0 Å². The van der Waals surface area contributed by atoms with Gasteiger partial charge in [0.25, 0.3) is 0 Å². The smallest absolute Gasteiger partial charge is 0.153 e. The van der Waals surface area contributed by atoms with Gasteiger partial charge in [0, 0.05) is 24.7 Å². The predicted octanol–water partition coefficient (Wildman–Crippen LogP) is 2.84. The molecule has 2 heterocycles. The van der Waals surface area contributed by atoms with E-state index in [1.807, 2.05) is 24.5 Å². The number of pyridine rings is 1. The Labute approximate surface area is 107 Å². The Kier molecular flexibility index (Phi) is 3.35. The summed E-state index contributed by atoms with van der Waals surface area (Å²) in [6.07, 6.45) is 10.9. The minimum Gasteiger partial charge on any atom is -0.265 e. The van der Waals surface area contributed by atoms with Crippen molar-refractivity contribution in [3.63, 3.8) is 0 Å². The topological polar surface area (TPSA) is 54.5 Å². The zero-order chi connectivity index (χ0) is 12.2.